The van der Waals surface area contributed by atoms with Crippen LogP contribution in [0.25, 0.3) is 10.8 Å². The minimum absolute atomic E-state index is 0.154. The average molecular weight is 640 g/mol. The minimum Gasteiger partial charge on any atom is -0.354 e. The second-order valence-electron chi connectivity index (χ2n) is 13.2. The zero-order chi connectivity index (χ0) is 34.0. The lowest BCUT2D eigenvalue weighted by atomic mass is 9.98. The minimum atomic E-state index is -0.864. The van der Waals surface area contributed by atoms with Gasteiger partial charge < -0.3 is 25.8 Å². The van der Waals surface area contributed by atoms with Crippen LogP contribution >= 0.6 is 0 Å². The summed E-state index contributed by atoms with van der Waals surface area (Å²) in [6.45, 7) is 5.50. The van der Waals surface area contributed by atoms with E-state index in [2.05, 4.69) is 5.32 Å². The first-order valence-electron chi connectivity index (χ1n) is 16.5. The number of rotatable bonds is 15. The zero-order valence-corrected chi connectivity index (χ0v) is 28.2. The van der Waals surface area contributed by atoms with Crippen molar-refractivity contribution in [2.45, 2.75) is 70.0 Å². The van der Waals surface area contributed by atoms with Crippen LogP contribution in [0.15, 0.2) is 84.9 Å². The number of likely N-dealkylation sites (tertiary alicyclic amines) is 1. The lowest BCUT2D eigenvalue weighted by Gasteiger charge is -2.34. The predicted molar refractivity (Wildman–Crippen MR) is 186 cm³/mol. The van der Waals surface area contributed by atoms with Crippen molar-refractivity contribution in [2.24, 2.45) is 5.73 Å². The van der Waals surface area contributed by atoms with E-state index in [0.29, 0.717) is 38.8 Å². The van der Waals surface area contributed by atoms with Crippen LogP contribution in [0, 0.1) is 0 Å². The fourth-order valence-corrected chi connectivity index (χ4v) is 5.88. The van der Waals surface area contributed by atoms with E-state index in [1.165, 1.54) is 15.9 Å². The molecule has 1 fully saturated rings. The summed E-state index contributed by atoms with van der Waals surface area (Å²) in [6.07, 6.45) is 6.37. The molecule has 4 amide bonds. The summed E-state index contributed by atoms with van der Waals surface area (Å²) >= 11 is 0. The second kappa shape index (κ2) is 16.4. The van der Waals surface area contributed by atoms with Crippen LogP contribution in [-0.2, 0) is 32.0 Å². The van der Waals surface area contributed by atoms with E-state index in [-0.39, 0.29) is 30.0 Å². The molecule has 0 aromatic heterocycles. The first-order valence-corrected chi connectivity index (χ1v) is 16.5. The Labute approximate surface area is 278 Å². The number of amides is 4. The highest BCUT2D eigenvalue weighted by Crippen LogP contribution is 2.20. The van der Waals surface area contributed by atoms with Crippen LogP contribution in [0.2, 0.25) is 0 Å². The zero-order valence-electron chi connectivity index (χ0n) is 28.2. The molecule has 0 saturated carbocycles. The Kier molecular flexibility index (Phi) is 12.3. The molecule has 0 radical (unpaired) electrons. The Morgan fingerprint density at radius 1 is 0.915 bits per heavy atom. The summed E-state index contributed by atoms with van der Waals surface area (Å²) in [5.74, 6) is -0.773. The van der Waals surface area contributed by atoms with Gasteiger partial charge in [-0.1, -0.05) is 78.9 Å². The maximum atomic E-state index is 14.4. The maximum Gasteiger partial charge on any atom is 0.246 e. The van der Waals surface area contributed by atoms with Crippen molar-refractivity contribution >= 4 is 34.4 Å². The van der Waals surface area contributed by atoms with Gasteiger partial charge in [0.25, 0.3) is 0 Å². The van der Waals surface area contributed by atoms with Crippen LogP contribution < -0.4 is 11.1 Å². The molecule has 1 aliphatic rings. The van der Waals surface area contributed by atoms with Gasteiger partial charge in [-0.25, -0.2) is 0 Å². The predicted octanol–water partition coefficient (Wildman–Crippen LogP) is 4.09. The van der Waals surface area contributed by atoms with Crippen molar-refractivity contribution in [3.8, 4) is 0 Å². The third-order valence-electron chi connectivity index (χ3n) is 8.71. The van der Waals surface area contributed by atoms with Crippen LogP contribution in [0.1, 0.15) is 50.7 Å². The van der Waals surface area contributed by atoms with E-state index < -0.39 is 17.6 Å². The number of fused-ring (bicyclic) bond motifs is 1. The normalized spacial score (nSPS) is 14.7. The van der Waals surface area contributed by atoms with Gasteiger partial charge in [-0.05, 0) is 61.1 Å². The number of nitrogens with two attached hydrogens (primary N) is 1. The first-order chi connectivity index (χ1) is 22.4. The van der Waals surface area contributed by atoms with Gasteiger partial charge in [-0.15, -0.1) is 0 Å². The largest absolute Gasteiger partial charge is 0.354 e. The van der Waals surface area contributed by atoms with Gasteiger partial charge in [-0.3, -0.25) is 19.2 Å². The lowest BCUT2D eigenvalue weighted by Crippen LogP contribution is -2.56. The maximum absolute atomic E-state index is 14.4. The molecule has 0 spiro atoms. The molecular formula is C38H49N5O4. The summed E-state index contributed by atoms with van der Waals surface area (Å²) in [6, 6.07) is 22.0. The van der Waals surface area contributed by atoms with Crippen molar-refractivity contribution < 1.29 is 19.2 Å². The summed E-state index contributed by atoms with van der Waals surface area (Å²) in [5, 5.41) is 5.13. The molecule has 0 bridgehead atoms. The van der Waals surface area contributed by atoms with Gasteiger partial charge in [-0.2, -0.15) is 0 Å². The summed E-state index contributed by atoms with van der Waals surface area (Å²) in [5.41, 5.74) is 7.45. The van der Waals surface area contributed by atoms with E-state index in [9.17, 15) is 19.2 Å². The molecule has 1 aliphatic heterocycles. The van der Waals surface area contributed by atoms with Gasteiger partial charge in [0, 0.05) is 58.5 Å². The smallest absolute Gasteiger partial charge is 0.246 e. The van der Waals surface area contributed by atoms with E-state index in [1.807, 2.05) is 91.5 Å². The van der Waals surface area contributed by atoms with Crippen molar-refractivity contribution in [2.75, 3.05) is 33.7 Å². The molecule has 1 saturated heterocycles. The number of hydrogen-bond acceptors (Lipinski definition) is 5. The molecule has 3 aromatic rings. The number of carbonyl (C=O) groups is 4. The molecule has 0 aliphatic carbocycles. The van der Waals surface area contributed by atoms with E-state index >= 15 is 0 Å². The monoisotopic (exact) mass is 639 g/mol. The fourth-order valence-electron chi connectivity index (χ4n) is 5.88. The molecule has 3 aromatic carbocycles. The van der Waals surface area contributed by atoms with Crippen molar-refractivity contribution in [3.05, 3.63) is 96.1 Å². The number of carbonyl (C=O) groups excluding carboxylic acids is 4. The molecule has 4 rings (SSSR count). The molecule has 1 heterocycles. The van der Waals surface area contributed by atoms with E-state index in [0.717, 1.165) is 34.9 Å². The summed E-state index contributed by atoms with van der Waals surface area (Å²) in [7, 11) is 3.26. The number of benzene rings is 3. The van der Waals surface area contributed by atoms with Crippen LogP contribution in [-0.4, -0.2) is 89.7 Å². The summed E-state index contributed by atoms with van der Waals surface area (Å²) in [4.78, 5) is 58.3. The number of likely N-dealkylation sites (N-methyl/N-ethyl adjacent to an activating group) is 2. The third kappa shape index (κ3) is 10.2. The van der Waals surface area contributed by atoms with Gasteiger partial charge in [0.1, 0.15) is 12.1 Å². The highest BCUT2D eigenvalue weighted by Gasteiger charge is 2.35. The number of hydrogen-bond donors (Lipinski definition) is 2. The van der Waals surface area contributed by atoms with Crippen LogP contribution in [0.4, 0.5) is 0 Å². The third-order valence-corrected chi connectivity index (χ3v) is 8.71. The van der Waals surface area contributed by atoms with E-state index in [4.69, 9.17) is 5.73 Å². The molecule has 250 valence electrons. The number of nitrogens with one attached hydrogen (secondary N) is 1. The second-order valence-corrected chi connectivity index (χ2v) is 13.2. The topological polar surface area (TPSA) is 116 Å². The van der Waals surface area contributed by atoms with E-state index in [1.54, 1.807) is 20.2 Å². The highest BCUT2D eigenvalue weighted by molar-refractivity contribution is 5.95. The standard InChI is InChI=1S/C38H49N5O4/c1-38(2,39)21-10-17-34(44)41(3)33(27-29-19-20-30-15-8-9-16-31(30)25-29)37(47)42(4)32(26-28-13-6-5-7-14-28)36(46)40-22-12-24-43-23-11-18-35(43)45/h5-10,13-17,19-20,25,32-33H,11-12,18,21-24,26-27,39H2,1-4H3,(H,40,46)/b17-10+/t32-,33-/m1/s1. The first kappa shape index (κ1) is 35.4. The average Bonchev–Trinajstić information content (AvgIpc) is 3.47. The van der Waals surface area contributed by atoms with Gasteiger partial charge in [0.2, 0.25) is 23.6 Å². The molecule has 2 atom stereocenters. The van der Waals surface area contributed by atoms with Crippen molar-refractivity contribution in [3.63, 3.8) is 0 Å². The number of nitrogens with zero attached hydrogens (tertiary/aromatic N) is 3. The lowest BCUT2D eigenvalue weighted by molar-refractivity contribution is -0.146. The summed E-state index contributed by atoms with van der Waals surface area (Å²) < 4.78 is 0. The van der Waals surface area contributed by atoms with Crippen molar-refractivity contribution in [1.29, 1.82) is 0 Å². The highest BCUT2D eigenvalue weighted by atomic mass is 16.2. The SMILES string of the molecule is CN(C(=O)/C=C/CC(C)(C)N)[C@H](Cc1ccc2ccccc2c1)C(=O)N(C)[C@H](Cc1ccccc1)C(=O)NCCCN1CCCC1=O. The molecule has 9 nitrogen and oxygen atoms in total. The van der Waals surface area contributed by atoms with Crippen LogP contribution in [0.5, 0.6) is 0 Å². The van der Waals surface area contributed by atoms with Crippen molar-refractivity contribution in [1.82, 2.24) is 20.0 Å². The Bertz CT molecular complexity index is 1570. The Balaban J connectivity index is 1.57. The molecular weight excluding hydrogens is 590 g/mol. The van der Waals surface area contributed by atoms with Gasteiger partial charge in [0.15, 0.2) is 0 Å². The van der Waals surface area contributed by atoms with Gasteiger partial charge in [0.05, 0.1) is 0 Å². The van der Waals surface area contributed by atoms with Crippen LogP contribution in [0.3, 0.4) is 0 Å². The molecule has 47 heavy (non-hydrogen) atoms. The molecule has 3 N–H and O–H groups in total. The van der Waals surface area contributed by atoms with Gasteiger partial charge >= 0.3 is 0 Å². The Morgan fingerprint density at radius 2 is 1.60 bits per heavy atom. The Hall–Kier alpha value is -4.50. The fraction of sp³-hybridized carbons (Fsp3) is 0.421. The Morgan fingerprint density at radius 3 is 2.28 bits per heavy atom. The molecule has 0 unspecified atom stereocenters. The molecule has 9 heteroatoms. The quantitative estimate of drug-likeness (QED) is 0.192.